The van der Waals surface area contributed by atoms with E-state index in [9.17, 15) is 13.2 Å². The van der Waals surface area contributed by atoms with Crippen LogP contribution in [0.4, 0.5) is 0 Å². The summed E-state index contributed by atoms with van der Waals surface area (Å²) < 4.78 is 26.7. The average molecular weight is 472 g/mol. The minimum absolute atomic E-state index is 0.0696. The van der Waals surface area contributed by atoms with Crippen molar-refractivity contribution < 1.29 is 13.2 Å². The van der Waals surface area contributed by atoms with Crippen molar-refractivity contribution in [2.75, 3.05) is 0 Å². The first-order chi connectivity index (χ1) is 15.2. The summed E-state index contributed by atoms with van der Waals surface area (Å²) in [7, 11) is -3.36. The third kappa shape index (κ3) is 6.48. The molecule has 0 aliphatic heterocycles. The minimum Gasteiger partial charge on any atom is -0.347 e. The molecule has 0 spiro atoms. The standard InChI is InChI=1S/C24H29N3O3S2/c1-5-18-10-12-21(13-11-18)24-26-17(4)22(31-24)23(28)25-14-19-6-8-20(9-7-19)15-32(29,30)27-16(2)3/h6-13,16,27H,5,14-15H2,1-4H3,(H,25,28). The van der Waals surface area contributed by atoms with Gasteiger partial charge in [-0.2, -0.15) is 0 Å². The molecule has 0 unspecified atom stereocenters. The second kappa shape index (κ2) is 10.4. The molecular weight excluding hydrogens is 442 g/mol. The van der Waals surface area contributed by atoms with Crippen LogP contribution in [0.3, 0.4) is 0 Å². The Balaban J connectivity index is 1.61. The van der Waals surface area contributed by atoms with Crippen molar-refractivity contribution in [2.45, 2.75) is 52.5 Å². The van der Waals surface area contributed by atoms with Gasteiger partial charge in [-0.15, -0.1) is 11.3 Å². The maximum atomic E-state index is 12.7. The van der Waals surface area contributed by atoms with Crippen molar-refractivity contribution in [3.05, 3.63) is 75.8 Å². The summed E-state index contributed by atoms with van der Waals surface area (Å²) in [5.41, 5.74) is 4.58. The van der Waals surface area contributed by atoms with Crippen LogP contribution >= 0.6 is 11.3 Å². The Morgan fingerprint density at radius 3 is 2.19 bits per heavy atom. The third-order valence-corrected chi connectivity index (χ3v) is 7.61. The first-order valence-electron chi connectivity index (χ1n) is 10.6. The Kier molecular flexibility index (Phi) is 7.82. The second-order valence-corrected chi connectivity index (χ2v) is 10.8. The summed E-state index contributed by atoms with van der Waals surface area (Å²) in [6.07, 6.45) is 0.983. The highest BCUT2D eigenvalue weighted by Crippen LogP contribution is 2.28. The maximum absolute atomic E-state index is 12.7. The molecular formula is C24H29N3O3S2. The number of sulfonamides is 1. The number of nitrogens with zero attached hydrogens (tertiary/aromatic N) is 1. The van der Waals surface area contributed by atoms with E-state index in [1.165, 1.54) is 16.9 Å². The monoisotopic (exact) mass is 471 g/mol. The van der Waals surface area contributed by atoms with E-state index in [1.807, 2.05) is 31.2 Å². The number of hydrogen-bond donors (Lipinski definition) is 2. The van der Waals surface area contributed by atoms with Crippen molar-refractivity contribution in [3.63, 3.8) is 0 Å². The zero-order chi connectivity index (χ0) is 23.3. The average Bonchev–Trinajstić information content (AvgIpc) is 3.13. The first-order valence-corrected chi connectivity index (χ1v) is 13.1. The molecule has 2 N–H and O–H groups in total. The van der Waals surface area contributed by atoms with E-state index in [1.54, 1.807) is 26.0 Å². The molecule has 0 bridgehead atoms. The lowest BCUT2D eigenvalue weighted by molar-refractivity contribution is 0.0954. The topological polar surface area (TPSA) is 88.2 Å². The molecule has 2 aromatic carbocycles. The number of nitrogens with one attached hydrogen (secondary N) is 2. The van der Waals surface area contributed by atoms with E-state index in [0.29, 0.717) is 22.7 Å². The summed E-state index contributed by atoms with van der Waals surface area (Å²) >= 11 is 1.39. The zero-order valence-electron chi connectivity index (χ0n) is 18.8. The fraction of sp³-hybridized carbons (Fsp3) is 0.333. The minimum atomic E-state index is -3.36. The lowest BCUT2D eigenvalue weighted by Crippen LogP contribution is -2.31. The Morgan fingerprint density at radius 2 is 1.59 bits per heavy atom. The molecule has 170 valence electrons. The Hall–Kier alpha value is -2.55. The van der Waals surface area contributed by atoms with Crippen molar-refractivity contribution in [1.82, 2.24) is 15.0 Å². The molecule has 32 heavy (non-hydrogen) atoms. The summed E-state index contributed by atoms with van der Waals surface area (Å²) in [6, 6.07) is 15.3. The highest BCUT2D eigenvalue weighted by atomic mass is 32.2. The van der Waals surface area contributed by atoms with Crippen LogP contribution in [0, 0.1) is 6.92 Å². The Labute approximate surface area is 194 Å². The van der Waals surface area contributed by atoms with Crippen LogP contribution in [-0.4, -0.2) is 25.4 Å². The molecule has 0 aliphatic carbocycles. The van der Waals surface area contributed by atoms with Gasteiger partial charge in [-0.05, 0) is 43.9 Å². The van der Waals surface area contributed by atoms with Crippen LogP contribution in [0.5, 0.6) is 0 Å². The lowest BCUT2D eigenvalue weighted by atomic mass is 10.1. The van der Waals surface area contributed by atoms with Crippen molar-refractivity contribution in [2.24, 2.45) is 0 Å². The van der Waals surface area contributed by atoms with E-state index in [4.69, 9.17) is 0 Å². The van der Waals surface area contributed by atoms with Crippen LogP contribution in [-0.2, 0) is 28.7 Å². The number of aryl methyl sites for hydroxylation is 2. The largest absolute Gasteiger partial charge is 0.347 e. The molecule has 8 heteroatoms. The number of hydrogen-bond acceptors (Lipinski definition) is 5. The quantitative estimate of drug-likeness (QED) is 0.483. The van der Waals surface area contributed by atoms with Gasteiger partial charge in [-0.3, -0.25) is 4.79 Å². The van der Waals surface area contributed by atoms with Gasteiger partial charge in [0.15, 0.2) is 0 Å². The number of carbonyl (C=O) groups is 1. The van der Waals surface area contributed by atoms with Crippen molar-refractivity contribution in [1.29, 1.82) is 0 Å². The van der Waals surface area contributed by atoms with Gasteiger partial charge in [0.25, 0.3) is 5.91 Å². The van der Waals surface area contributed by atoms with Crippen molar-refractivity contribution in [3.8, 4) is 10.6 Å². The van der Waals surface area contributed by atoms with E-state index in [2.05, 4.69) is 34.1 Å². The smallest absolute Gasteiger partial charge is 0.263 e. The number of amides is 1. The Morgan fingerprint density at radius 1 is 1.00 bits per heavy atom. The summed E-state index contributed by atoms with van der Waals surface area (Å²) in [5, 5.41) is 3.76. The summed E-state index contributed by atoms with van der Waals surface area (Å²) in [5.74, 6) is -0.232. The second-order valence-electron chi connectivity index (χ2n) is 8.01. The molecule has 6 nitrogen and oxygen atoms in total. The number of carbonyl (C=O) groups excluding carboxylic acids is 1. The molecule has 1 heterocycles. The molecule has 0 saturated heterocycles. The summed E-state index contributed by atoms with van der Waals surface area (Å²) in [6.45, 7) is 7.90. The molecule has 1 amide bonds. The SMILES string of the molecule is CCc1ccc(-c2nc(C)c(C(=O)NCc3ccc(CS(=O)(=O)NC(C)C)cc3)s2)cc1. The summed E-state index contributed by atoms with van der Waals surface area (Å²) in [4.78, 5) is 17.9. The van der Waals surface area contributed by atoms with Gasteiger partial charge in [0, 0.05) is 18.2 Å². The van der Waals surface area contributed by atoms with E-state index in [-0.39, 0.29) is 17.7 Å². The van der Waals surface area contributed by atoms with Crippen LogP contribution in [0.2, 0.25) is 0 Å². The van der Waals surface area contributed by atoms with Gasteiger partial charge in [0.2, 0.25) is 10.0 Å². The molecule has 0 fully saturated rings. The van der Waals surface area contributed by atoms with Crippen molar-refractivity contribution >= 4 is 27.3 Å². The molecule has 0 aliphatic rings. The van der Waals surface area contributed by atoms with Crippen LogP contribution in [0.1, 0.15) is 52.8 Å². The van der Waals surface area contributed by atoms with E-state index < -0.39 is 10.0 Å². The number of rotatable bonds is 9. The number of aromatic nitrogens is 1. The highest BCUT2D eigenvalue weighted by molar-refractivity contribution is 7.88. The third-order valence-electron chi connectivity index (χ3n) is 4.86. The maximum Gasteiger partial charge on any atom is 0.263 e. The predicted molar refractivity (Wildman–Crippen MR) is 130 cm³/mol. The molecule has 0 atom stereocenters. The predicted octanol–water partition coefficient (Wildman–Crippen LogP) is 4.44. The zero-order valence-corrected chi connectivity index (χ0v) is 20.4. The van der Waals surface area contributed by atoms with E-state index in [0.717, 1.165) is 22.6 Å². The van der Waals surface area contributed by atoms with Gasteiger partial charge in [-0.1, -0.05) is 55.5 Å². The van der Waals surface area contributed by atoms with Gasteiger partial charge < -0.3 is 5.32 Å². The first kappa shape index (κ1) is 24.1. The van der Waals surface area contributed by atoms with Crippen LogP contribution in [0.25, 0.3) is 10.6 Å². The van der Waals surface area contributed by atoms with Gasteiger partial charge in [-0.25, -0.2) is 18.1 Å². The van der Waals surface area contributed by atoms with Crippen LogP contribution in [0.15, 0.2) is 48.5 Å². The lowest BCUT2D eigenvalue weighted by Gasteiger charge is -2.10. The van der Waals surface area contributed by atoms with Gasteiger partial charge in [0.1, 0.15) is 9.88 Å². The Bertz CT molecular complexity index is 1170. The van der Waals surface area contributed by atoms with Gasteiger partial charge >= 0.3 is 0 Å². The molecule has 0 saturated carbocycles. The van der Waals surface area contributed by atoms with Gasteiger partial charge in [0.05, 0.1) is 11.4 Å². The van der Waals surface area contributed by atoms with Crippen LogP contribution < -0.4 is 10.0 Å². The fourth-order valence-electron chi connectivity index (χ4n) is 3.25. The highest BCUT2D eigenvalue weighted by Gasteiger charge is 2.16. The fourth-order valence-corrected chi connectivity index (χ4v) is 5.67. The molecule has 1 aromatic heterocycles. The molecule has 3 rings (SSSR count). The van der Waals surface area contributed by atoms with E-state index >= 15 is 0 Å². The molecule has 3 aromatic rings. The molecule has 0 radical (unpaired) electrons. The number of thiazole rings is 1. The number of benzene rings is 2. The normalized spacial score (nSPS) is 11.7.